The first-order valence-electron chi connectivity index (χ1n) is 11.2. The Labute approximate surface area is 205 Å². The third kappa shape index (κ3) is 6.36. The summed E-state index contributed by atoms with van der Waals surface area (Å²) < 4.78 is 53.0. The number of para-hydroxylation sites is 4. The van der Waals surface area contributed by atoms with Gasteiger partial charge in [-0.3, -0.25) is 0 Å². The summed E-state index contributed by atoms with van der Waals surface area (Å²) >= 11 is 0. The van der Waals surface area contributed by atoms with Crippen molar-refractivity contribution >= 4 is 15.2 Å². The maximum atomic E-state index is 14.5. The molecule has 0 unspecified atom stereocenters. The molecule has 4 aromatic rings. The van der Waals surface area contributed by atoms with Crippen LogP contribution in [0.25, 0.3) is 0 Å². The van der Waals surface area contributed by atoms with Crippen molar-refractivity contribution in [1.82, 2.24) is 0 Å². The van der Waals surface area contributed by atoms with Gasteiger partial charge in [-0.2, -0.15) is 0 Å². The van der Waals surface area contributed by atoms with Crippen LogP contribution in [0.15, 0.2) is 121 Å². The van der Waals surface area contributed by atoms with Gasteiger partial charge in [0.1, 0.15) is 23.0 Å². The zero-order valence-corrected chi connectivity index (χ0v) is 21.0. The predicted molar refractivity (Wildman–Crippen MR) is 138 cm³/mol. The first-order chi connectivity index (χ1) is 17.0. The number of rotatable bonds is 11. The normalized spacial score (nSPS) is 11.6. The maximum Gasteiger partial charge on any atom is 0.448 e. The molecule has 0 saturated carbocycles. The van der Waals surface area contributed by atoms with Gasteiger partial charge in [0.05, 0.1) is 0 Å². The molecule has 0 aliphatic rings. The quantitative estimate of drug-likeness (QED) is 0.189. The summed E-state index contributed by atoms with van der Waals surface area (Å²) in [6.07, 6.45) is 0.133. The van der Waals surface area contributed by atoms with Crippen LogP contribution in [-0.4, -0.2) is 5.40 Å². The molecule has 8 heteroatoms. The Hall–Kier alpha value is -3.46. The van der Waals surface area contributed by atoms with E-state index < -0.39 is 20.6 Å². The van der Waals surface area contributed by atoms with E-state index in [1.807, 2.05) is 24.3 Å². The molecule has 180 valence electrons. The van der Waals surface area contributed by atoms with Gasteiger partial charge < -0.3 is 18.1 Å². The molecule has 0 N–H and O–H groups in total. The maximum absolute atomic E-state index is 14.5. The molecule has 0 aromatic heterocycles. The summed E-state index contributed by atoms with van der Waals surface area (Å²) in [7, 11) is -8.36. The Kier molecular flexibility index (Phi) is 7.97. The van der Waals surface area contributed by atoms with E-state index in [1.165, 1.54) is 0 Å². The van der Waals surface area contributed by atoms with Crippen molar-refractivity contribution in [2.45, 2.75) is 18.7 Å². The summed E-state index contributed by atoms with van der Waals surface area (Å²) in [6, 6.07) is 34.6. The minimum absolute atomic E-state index is 0.133. The molecule has 0 amide bonds. The van der Waals surface area contributed by atoms with Gasteiger partial charge in [-0.15, -0.1) is 0 Å². The number of hydrogen-bond donors (Lipinski definition) is 0. The van der Waals surface area contributed by atoms with Crippen molar-refractivity contribution in [3.05, 3.63) is 121 Å². The molecule has 6 nitrogen and oxygen atoms in total. The Balaban J connectivity index is 1.79. The van der Waals surface area contributed by atoms with E-state index in [2.05, 4.69) is 0 Å². The van der Waals surface area contributed by atoms with Crippen LogP contribution in [0, 0.1) is 0 Å². The average molecular weight is 508 g/mol. The van der Waals surface area contributed by atoms with Crippen molar-refractivity contribution in [2.75, 3.05) is 0 Å². The van der Waals surface area contributed by atoms with Crippen LogP contribution in [0.1, 0.15) is 13.3 Å². The smallest absolute Gasteiger partial charge is 0.415 e. The van der Waals surface area contributed by atoms with Gasteiger partial charge in [0.15, 0.2) is 0 Å². The van der Waals surface area contributed by atoms with Crippen LogP contribution in [0.5, 0.6) is 23.0 Å². The van der Waals surface area contributed by atoms with Crippen LogP contribution in [0.2, 0.25) is 0 Å². The van der Waals surface area contributed by atoms with Gasteiger partial charge in [-0.25, -0.2) is 9.13 Å². The molecule has 35 heavy (non-hydrogen) atoms. The zero-order chi connectivity index (χ0) is 24.6. The summed E-state index contributed by atoms with van der Waals surface area (Å²) in [4.78, 5) is 0. The minimum Gasteiger partial charge on any atom is -0.415 e. The Bertz CT molecular complexity index is 1090. The van der Waals surface area contributed by atoms with Crippen molar-refractivity contribution < 1.29 is 27.2 Å². The summed E-state index contributed by atoms with van der Waals surface area (Å²) in [5, 5.41) is -1.24. The molecular formula is C27H26O6P2. The fourth-order valence-corrected chi connectivity index (χ4v) is 8.48. The summed E-state index contributed by atoms with van der Waals surface area (Å²) in [6.45, 7) is 1.75. The molecule has 0 spiro atoms. The lowest BCUT2D eigenvalue weighted by Crippen LogP contribution is -2.22. The Morgan fingerprint density at radius 3 is 0.914 bits per heavy atom. The van der Waals surface area contributed by atoms with Gasteiger partial charge in [0.2, 0.25) is 5.40 Å². The second-order valence-corrected chi connectivity index (χ2v) is 12.1. The molecule has 0 saturated heterocycles. The Morgan fingerprint density at radius 2 is 0.714 bits per heavy atom. The molecule has 0 aliphatic heterocycles. The first kappa shape index (κ1) is 24.7. The fraction of sp³-hybridized carbons (Fsp3) is 0.111. The van der Waals surface area contributed by atoms with Gasteiger partial charge in [-0.05, 0) is 55.0 Å². The first-order valence-corrected chi connectivity index (χ1v) is 14.4. The molecular weight excluding hydrogens is 482 g/mol. The molecule has 0 bridgehead atoms. The molecule has 0 radical (unpaired) electrons. The molecule has 0 aliphatic carbocycles. The van der Waals surface area contributed by atoms with E-state index in [-0.39, 0.29) is 6.42 Å². The zero-order valence-electron chi connectivity index (χ0n) is 19.2. The van der Waals surface area contributed by atoms with Crippen LogP contribution in [-0.2, 0) is 9.13 Å². The van der Waals surface area contributed by atoms with E-state index in [4.69, 9.17) is 18.1 Å². The third-order valence-corrected chi connectivity index (χ3v) is 10.7. The standard InChI is InChI=1S/C27H26O6P2/c1-2-27(34(28,30-23-15-7-3-8-16-23)31-24-17-9-4-10-18-24)35(29,32-25-19-11-5-12-20-25)33-26-21-13-6-14-22-26/h3-22,27H,2H2,1H3. The van der Waals surface area contributed by atoms with Gasteiger partial charge in [0.25, 0.3) is 0 Å². The fourth-order valence-electron chi connectivity index (χ4n) is 3.41. The highest BCUT2D eigenvalue weighted by atomic mass is 31.2. The molecule has 0 atom stereocenters. The predicted octanol–water partition coefficient (Wildman–Crippen LogP) is 8.42. The van der Waals surface area contributed by atoms with Crippen molar-refractivity contribution in [1.29, 1.82) is 0 Å². The minimum atomic E-state index is -4.18. The number of hydrogen-bond acceptors (Lipinski definition) is 6. The number of benzene rings is 4. The monoisotopic (exact) mass is 508 g/mol. The van der Waals surface area contributed by atoms with E-state index in [9.17, 15) is 9.13 Å². The lowest BCUT2D eigenvalue weighted by Gasteiger charge is -2.31. The van der Waals surface area contributed by atoms with Crippen molar-refractivity contribution in [3.63, 3.8) is 0 Å². The topological polar surface area (TPSA) is 71.1 Å². The highest BCUT2D eigenvalue weighted by molar-refractivity contribution is 7.73. The summed E-state index contributed by atoms with van der Waals surface area (Å²) in [5.41, 5.74) is 0. The third-order valence-electron chi connectivity index (χ3n) is 5.00. The second-order valence-electron chi connectivity index (χ2n) is 7.59. The SMILES string of the molecule is CCC(P(=O)(Oc1ccccc1)Oc1ccccc1)P(=O)(Oc1ccccc1)Oc1ccccc1. The lowest BCUT2D eigenvalue weighted by molar-refractivity contribution is 0.351. The van der Waals surface area contributed by atoms with Gasteiger partial charge in [0, 0.05) is 0 Å². The molecule has 4 rings (SSSR count). The van der Waals surface area contributed by atoms with Crippen LogP contribution < -0.4 is 18.1 Å². The van der Waals surface area contributed by atoms with Crippen LogP contribution in [0.4, 0.5) is 0 Å². The second kappa shape index (κ2) is 11.3. The van der Waals surface area contributed by atoms with E-state index in [0.717, 1.165) is 0 Å². The highest BCUT2D eigenvalue weighted by Gasteiger charge is 2.54. The van der Waals surface area contributed by atoms with E-state index in [1.54, 1.807) is 104 Å². The molecule has 4 aromatic carbocycles. The van der Waals surface area contributed by atoms with E-state index >= 15 is 0 Å². The van der Waals surface area contributed by atoms with E-state index in [0.29, 0.717) is 23.0 Å². The average Bonchev–Trinajstić information content (AvgIpc) is 2.86. The largest absolute Gasteiger partial charge is 0.448 e. The van der Waals surface area contributed by atoms with Gasteiger partial charge >= 0.3 is 15.2 Å². The van der Waals surface area contributed by atoms with Crippen LogP contribution in [0.3, 0.4) is 0 Å². The van der Waals surface area contributed by atoms with Crippen molar-refractivity contribution in [2.24, 2.45) is 0 Å². The van der Waals surface area contributed by atoms with Gasteiger partial charge in [-0.1, -0.05) is 79.7 Å². The lowest BCUT2D eigenvalue weighted by atomic mass is 10.3. The Morgan fingerprint density at radius 1 is 0.486 bits per heavy atom. The summed E-state index contributed by atoms with van der Waals surface area (Å²) in [5.74, 6) is 1.26. The molecule has 0 heterocycles. The highest BCUT2D eigenvalue weighted by Crippen LogP contribution is 2.69. The van der Waals surface area contributed by atoms with Crippen molar-refractivity contribution in [3.8, 4) is 23.0 Å². The molecule has 0 fully saturated rings. The van der Waals surface area contributed by atoms with Crippen LogP contribution >= 0.6 is 15.2 Å².